The van der Waals surface area contributed by atoms with Gasteiger partial charge in [0.15, 0.2) is 0 Å². The zero-order valence-corrected chi connectivity index (χ0v) is 10.9. The van der Waals surface area contributed by atoms with Gasteiger partial charge in [-0.15, -0.1) is 0 Å². The molecule has 2 heterocycles. The van der Waals surface area contributed by atoms with Crippen LogP contribution < -0.4 is 10.1 Å². The van der Waals surface area contributed by atoms with E-state index in [1.807, 2.05) is 17.7 Å². The number of methoxy groups -OCH3 is 1. The molecule has 0 saturated heterocycles. The largest absolute Gasteiger partial charge is 0.480 e. The fourth-order valence-corrected chi connectivity index (χ4v) is 1.78. The second kappa shape index (κ2) is 5.99. The number of carbonyl (C=O) groups is 1. The highest BCUT2D eigenvalue weighted by Crippen LogP contribution is 2.13. The molecule has 2 aromatic rings. The molecule has 1 amide bonds. The molecule has 19 heavy (non-hydrogen) atoms. The fraction of sp³-hybridized carbons (Fsp3) is 0.308. The molecule has 0 aliphatic carbocycles. The molecule has 1 atom stereocenters. The van der Waals surface area contributed by atoms with Crippen LogP contribution in [-0.4, -0.2) is 33.6 Å². The zero-order valence-electron chi connectivity index (χ0n) is 10.9. The SMILES string of the molecule is COc1ncccc1C(=O)N[C@H](C)Cn1ccnc1. The van der Waals surface area contributed by atoms with Gasteiger partial charge >= 0.3 is 0 Å². The summed E-state index contributed by atoms with van der Waals surface area (Å²) in [5, 5.41) is 2.90. The Balaban J connectivity index is 2.00. The molecule has 0 aliphatic rings. The van der Waals surface area contributed by atoms with Gasteiger partial charge in [-0.3, -0.25) is 4.79 Å². The minimum absolute atomic E-state index is 0.0217. The number of imidazole rings is 1. The van der Waals surface area contributed by atoms with Gasteiger partial charge in [-0.25, -0.2) is 9.97 Å². The third-order valence-electron chi connectivity index (χ3n) is 2.63. The summed E-state index contributed by atoms with van der Waals surface area (Å²) in [7, 11) is 1.49. The molecule has 0 aliphatic heterocycles. The van der Waals surface area contributed by atoms with Gasteiger partial charge in [0.1, 0.15) is 5.56 Å². The first-order chi connectivity index (χ1) is 9.20. The minimum atomic E-state index is -0.197. The molecule has 0 fully saturated rings. The van der Waals surface area contributed by atoms with Crippen LogP contribution in [0.5, 0.6) is 5.88 Å². The van der Waals surface area contributed by atoms with Gasteiger partial charge in [0.25, 0.3) is 5.91 Å². The maximum atomic E-state index is 12.1. The van der Waals surface area contributed by atoms with Crippen LogP contribution in [0.25, 0.3) is 0 Å². The fourth-order valence-electron chi connectivity index (χ4n) is 1.78. The molecule has 0 saturated carbocycles. The number of hydrogen-bond donors (Lipinski definition) is 1. The average Bonchev–Trinajstić information content (AvgIpc) is 2.91. The van der Waals surface area contributed by atoms with Crippen molar-refractivity contribution in [2.75, 3.05) is 7.11 Å². The summed E-state index contributed by atoms with van der Waals surface area (Å²) in [6.45, 7) is 2.59. The summed E-state index contributed by atoms with van der Waals surface area (Å²) in [6.07, 6.45) is 6.86. The number of pyridine rings is 1. The average molecular weight is 260 g/mol. The number of rotatable bonds is 5. The summed E-state index contributed by atoms with van der Waals surface area (Å²) < 4.78 is 6.97. The van der Waals surface area contributed by atoms with Crippen LogP contribution in [0.4, 0.5) is 0 Å². The maximum absolute atomic E-state index is 12.1. The lowest BCUT2D eigenvalue weighted by Crippen LogP contribution is -2.35. The Kier molecular flexibility index (Phi) is 4.12. The standard InChI is InChI=1S/C13H16N4O2/c1-10(8-17-7-6-14-9-17)16-12(18)11-4-3-5-15-13(11)19-2/h3-7,9-10H,8H2,1-2H3,(H,16,18)/t10-/m1/s1. The Bertz CT molecular complexity index is 539. The van der Waals surface area contributed by atoms with Crippen molar-refractivity contribution < 1.29 is 9.53 Å². The van der Waals surface area contributed by atoms with Crippen LogP contribution >= 0.6 is 0 Å². The van der Waals surface area contributed by atoms with Crippen molar-refractivity contribution >= 4 is 5.91 Å². The molecule has 0 spiro atoms. The van der Waals surface area contributed by atoms with Gasteiger partial charge in [0.05, 0.1) is 13.4 Å². The predicted octanol–water partition coefficient (Wildman–Crippen LogP) is 1.11. The molecule has 6 nitrogen and oxygen atoms in total. The molecule has 2 aromatic heterocycles. The molecule has 2 rings (SSSR count). The minimum Gasteiger partial charge on any atom is -0.480 e. The second-order valence-corrected chi connectivity index (χ2v) is 4.19. The third-order valence-corrected chi connectivity index (χ3v) is 2.63. The van der Waals surface area contributed by atoms with E-state index in [0.29, 0.717) is 18.0 Å². The van der Waals surface area contributed by atoms with Crippen molar-refractivity contribution in [1.29, 1.82) is 0 Å². The van der Waals surface area contributed by atoms with Crippen LogP contribution in [0.1, 0.15) is 17.3 Å². The number of amides is 1. The van der Waals surface area contributed by atoms with Crippen molar-refractivity contribution in [2.24, 2.45) is 0 Å². The molecule has 6 heteroatoms. The number of ether oxygens (including phenoxy) is 1. The summed E-state index contributed by atoms with van der Waals surface area (Å²) in [4.78, 5) is 20.1. The van der Waals surface area contributed by atoms with Crippen LogP contribution in [0.3, 0.4) is 0 Å². The lowest BCUT2D eigenvalue weighted by Gasteiger charge is -2.15. The van der Waals surface area contributed by atoms with E-state index in [1.165, 1.54) is 7.11 Å². The van der Waals surface area contributed by atoms with Gasteiger partial charge in [-0.1, -0.05) is 0 Å². The Morgan fingerprint density at radius 2 is 2.37 bits per heavy atom. The van der Waals surface area contributed by atoms with Crippen LogP contribution in [0, 0.1) is 0 Å². The van der Waals surface area contributed by atoms with E-state index in [2.05, 4.69) is 15.3 Å². The first-order valence-electron chi connectivity index (χ1n) is 5.96. The van der Waals surface area contributed by atoms with Crippen LogP contribution in [-0.2, 0) is 6.54 Å². The zero-order chi connectivity index (χ0) is 13.7. The molecule has 0 radical (unpaired) electrons. The maximum Gasteiger partial charge on any atom is 0.257 e. The van der Waals surface area contributed by atoms with E-state index in [4.69, 9.17) is 4.74 Å². The van der Waals surface area contributed by atoms with E-state index < -0.39 is 0 Å². The number of carbonyl (C=O) groups excluding carboxylic acids is 1. The number of hydrogen-bond acceptors (Lipinski definition) is 4. The van der Waals surface area contributed by atoms with Crippen LogP contribution in [0.2, 0.25) is 0 Å². The van der Waals surface area contributed by atoms with E-state index in [0.717, 1.165) is 0 Å². The quantitative estimate of drug-likeness (QED) is 0.874. The summed E-state index contributed by atoms with van der Waals surface area (Å²) in [6, 6.07) is 3.37. The molecular formula is C13H16N4O2. The molecule has 0 bridgehead atoms. The Hall–Kier alpha value is -2.37. The number of nitrogens with zero attached hydrogens (tertiary/aromatic N) is 3. The topological polar surface area (TPSA) is 69.0 Å². The van der Waals surface area contributed by atoms with Gasteiger partial charge in [-0.2, -0.15) is 0 Å². The van der Waals surface area contributed by atoms with Gasteiger partial charge in [0.2, 0.25) is 5.88 Å². The van der Waals surface area contributed by atoms with E-state index in [-0.39, 0.29) is 11.9 Å². The van der Waals surface area contributed by atoms with Crippen molar-refractivity contribution in [3.63, 3.8) is 0 Å². The molecular weight excluding hydrogens is 244 g/mol. The van der Waals surface area contributed by atoms with Crippen molar-refractivity contribution in [3.05, 3.63) is 42.6 Å². The summed E-state index contributed by atoms with van der Waals surface area (Å²) in [5.41, 5.74) is 0.433. The second-order valence-electron chi connectivity index (χ2n) is 4.19. The normalized spacial score (nSPS) is 11.9. The summed E-state index contributed by atoms with van der Waals surface area (Å²) in [5.74, 6) is 0.132. The highest BCUT2D eigenvalue weighted by Gasteiger charge is 2.15. The van der Waals surface area contributed by atoms with E-state index >= 15 is 0 Å². The number of aromatic nitrogens is 3. The highest BCUT2D eigenvalue weighted by molar-refractivity contribution is 5.96. The monoisotopic (exact) mass is 260 g/mol. The van der Waals surface area contributed by atoms with Crippen molar-refractivity contribution in [3.8, 4) is 5.88 Å². The highest BCUT2D eigenvalue weighted by atomic mass is 16.5. The lowest BCUT2D eigenvalue weighted by molar-refractivity contribution is 0.0933. The Morgan fingerprint density at radius 1 is 1.53 bits per heavy atom. The Labute approximate surface area is 111 Å². The molecule has 1 N–H and O–H groups in total. The van der Waals surface area contributed by atoms with Crippen molar-refractivity contribution in [2.45, 2.75) is 19.5 Å². The van der Waals surface area contributed by atoms with Gasteiger partial charge in [0, 0.05) is 31.2 Å². The van der Waals surface area contributed by atoms with E-state index in [9.17, 15) is 4.79 Å². The number of nitrogens with one attached hydrogen (secondary N) is 1. The first-order valence-corrected chi connectivity index (χ1v) is 5.96. The van der Waals surface area contributed by atoms with Gasteiger partial charge < -0.3 is 14.6 Å². The van der Waals surface area contributed by atoms with E-state index in [1.54, 1.807) is 30.9 Å². The summed E-state index contributed by atoms with van der Waals surface area (Å²) >= 11 is 0. The Morgan fingerprint density at radius 3 is 3.05 bits per heavy atom. The molecule has 100 valence electrons. The lowest BCUT2D eigenvalue weighted by atomic mass is 10.2. The van der Waals surface area contributed by atoms with Crippen molar-refractivity contribution in [1.82, 2.24) is 19.9 Å². The predicted molar refractivity (Wildman–Crippen MR) is 69.9 cm³/mol. The smallest absolute Gasteiger partial charge is 0.257 e. The molecule has 0 unspecified atom stereocenters. The molecule has 0 aromatic carbocycles. The van der Waals surface area contributed by atoms with Crippen LogP contribution in [0.15, 0.2) is 37.1 Å². The third kappa shape index (κ3) is 3.31. The first kappa shape index (κ1) is 13.1. The van der Waals surface area contributed by atoms with Gasteiger partial charge in [-0.05, 0) is 19.1 Å².